The minimum absolute atomic E-state index is 0.413. The zero-order chi connectivity index (χ0) is 14.8. The van der Waals surface area contributed by atoms with Gasteiger partial charge in [0.05, 0.1) is 0 Å². The predicted molar refractivity (Wildman–Crippen MR) is 82.3 cm³/mol. The van der Waals surface area contributed by atoms with Crippen LogP contribution in [-0.2, 0) is 4.74 Å². The Morgan fingerprint density at radius 1 is 1.40 bits per heavy atom. The van der Waals surface area contributed by atoms with Crippen molar-refractivity contribution in [3.8, 4) is 0 Å². The Kier molecular flexibility index (Phi) is 4.21. The Morgan fingerprint density at radius 3 is 2.75 bits per heavy atom. The number of anilines is 2. The van der Waals surface area contributed by atoms with Crippen LogP contribution in [0, 0.1) is 5.92 Å². The first kappa shape index (κ1) is 14.7. The zero-order valence-electron chi connectivity index (χ0n) is 12.8. The Morgan fingerprint density at radius 2 is 2.15 bits per heavy atom. The predicted octanol–water partition coefficient (Wildman–Crippen LogP) is 3.88. The third-order valence-electron chi connectivity index (χ3n) is 3.28. The molecule has 4 nitrogen and oxygen atoms in total. The van der Waals surface area contributed by atoms with Gasteiger partial charge in [-0.25, -0.2) is 4.79 Å². The number of hydrogen-bond acceptors (Lipinski definition) is 3. The highest BCUT2D eigenvalue weighted by molar-refractivity contribution is 5.85. The van der Waals surface area contributed by atoms with Gasteiger partial charge in [0.15, 0.2) is 0 Å². The van der Waals surface area contributed by atoms with E-state index < -0.39 is 11.7 Å². The Hall–Kier alpha value is -1.71. The number of hydrogen-bond donors (Lipinski definition) is 1. The molecule has 1 saturated heterocycles. The minimum atomic E-state index is -0.480. The molecule has 1 aromatic carbocycles. The summed E-state index contributed by atoms with van der Waals surface area (Å²) in [5.74, 6) is 0.734. The van der Waals surface area contributed by atoms with E-state index in [4.69, 9.17) is 4.74 Å². The number of nitrogens with zero attached hydrogens (tertiary/aromatic N) is 1. The smallest absolute Gasteiger partial charge is 0.412 e. The van der Waals surface area contributed by atoms with E-state index in [1.54, 1.807) is 0 Å². The molecule has 0 spiro atoms. The first-order valence-electron chi connectivity index (χ1n) is 7.18. The number of rotatable bonds is 2. The van der Waals surface area contributed by atoms with Crippen LogP contribution in [0.15, 0.2) is 24.3 Å². The Bertz CT molecular complexity index is 480. The molecule has 1 amide bonds. The highest BCUT2D eigenvalue weighted by atomic mass is 16.6. The van der Waals surface area contributed by atoms with Gasteiger partial charge in [-0.1, -0.05) is 13.0 Å². The molecule has 2 rings (SSSR count). The maximum absolute atomic E-state index is 11.8. The Balaban J connectivity index is 2.01. The molecule has 4 heteroatoms. The summed E-state index contributed by atoms with van der Waals surface area (Å²) in [5.41, 5.74) is 1.45. The second-order valence-electron chi connectivity index (χ2n) is 6.52. The molecule has 1 N–H and O–H groups in total. The second kappa shape index (κ2) is 5.73. The monoisotopic (exact) mass is 276 g/mol. The average molecular weight is 276 g/mol. The van der Waals surface area contributed by atoms with Crippen molar-refractivity contribution < 1.29 is 9.53 Å². The molecule has 1 atom stereocenters. The third kappa shape index (κ3) is 4.15. The maximum atomic E-state index is 11.8. The molecule has 1 aliphatic heterocycles. The lowest BCUT2D eigenvalue weighted by Crippen LogP contribution is -2.27. The van der Waals surface area contributed by atoms with Gasteiger partial charge in [-0.15, -0.1) is 0 Å². The summed E-state index contributed by atoms with van der Waals surface area (Å²) in [5, 5.41) is 2.79. The molecule has 0 aliphatic carbocycles. The average Bonchev–Trinajstić information content (AvgIpc) is 2.73. The highest BCUT2D eigenvalue weighted by Gasteiger charge is 2.20. The van der Waals surface area contributed by atoms with Crippen LogP contribution in [0.3, 0.4) is 0 Å². The summed E-state index contributed by atoms with van der Waals surface area (Å²) >= 11 is 0. The van der Waals surface area contributed by atoms with Gasteiger partial charge in [0.2, 0.25) is 0 Å². The lowest BCUT2D eigenvalue weighted by atomic mass is 10.2. The van der Waals surface area contributed by atoms with Crippen LogP contribution in [-0.4, -0.2) is 24.8 Å². The third-order valence-corrected chi connectivity index (χ3v) is 3.28. The van der Waals surface area contributed by atoms with Gasteiger partial charge in [0.1, 0.15) is 5.60 Å². The number of carbonyl (C=O) groups excluding carboxylic acids is 1. The van der Waals surface area contributed by atoms with E-state index in [0.717, 1.165) is 30.4 Å². The summed E-state index contributed by atoms with van der Waals surface area (Å²) < 4.78 is 5.26. The molecule has 0 aromatic heterocycles. The van der Waals surface area contributed by atoms with Gasteiger partial charge < -0.3 is 9.64 Å². The fraction of sp³-hybridized carbons (Fsp3) is 0.562. The van der Waals surface area contributed by atoms with Crippen molar-refractivity contribution in [2.24, 2.45) is 5.92 Å². The summed E-state index contributed by atoms with van der Waals surface area (Å²) in [6.07, 6.45) is 0.813. The van der Waals surface area contributed by atoms with Gasteiger partial charge in [-0.05, 0) is 51.3 Å². The number of ether oxygens (including phenoxy) is 1. The van der Waals surface area contributed by atoms with Crippen LogP contribution in [0.4, 0.5) is 16.2 Å². The van der Waals surface area contributed by atoms with Gasteiger partial charge >= 0.3 is 6.09 Å². The standard InChI is InChI=1S/C16H24N2O2/c1-12-8-9-18(11-12)14-7-5-6-13(10-14)17-15(19)20-16(2,3)4/h5-7,10,12H,8-9,11H2,1-4H3,(H,17,19)/t12-/m0/s1. The van der Waals surface area contributed by atoms with E-state index >= 15 is 0 Å². The summed E-state index contributed by atoms with van der Waals surface area (Å²) in [6.45, 7) is 9.99. The van der Waals surface area contributed by atoms with Crippen LogP contribution in [0.5, 0.6) is 0 Å². The van der Waals surface area contributed by atoms with Crippen molar-refractivity contribution in [2.45, 2.75) is 39.7 Å². The van der Waals surface area contributed by atoms with Crippen molar-refractivity contribution in [3.05, 3.63) is 24.3 Å². The summed E-state index contributed by atoms with van der Waals surface area (Å²) in [7, 11) is 0. The van der Waals surface area contributed by atoms with E-state index in [1.165, 1.54) is 6.42 Å². The fourth-order valence-corrected chi connectivity index (χ4v) is 2.37. The van der Waals surface area contributed by atoms with Gasteiger partial charge in [-0.2, -0.15) is 0 Å². The topological polar surface area (TPSA) is 41.6 Å². The molecule has 0 bridgehead atoms. The lowest BCUT2D eigenvalue weighted by molar-refractivity contribution is 0.0636. The first-order chi connectivity index (χ1) is 9.33. The van der Waals surface area contributed by atoms with E-state index in [9.17, 15) is 4.79 Å². The first-order valence-corrected chi connectivity index (χ1v) is 7.18. The van der Waals surface area contributed by atoms with Crippen molar-refractivity contribution in [1.82, 2.24) is 0 Å². The molecule has 110 valence electrons. The van der Waals surface area contributed by atoms with E-state index in [-0.39, 0.29) is 0 Å². The molecule has 0 unspecified atom stereocenters. The van der Waals surface area contributed by atoms with Gasteiger partial charge in [-0.3, -0.25) is 5.32 Å². The summed E-state index contributed by atoms with van der Waals surface area (Å²) in [4.78, 5) is 14.1. The number of carbonyl (C=O) groups is 1. The molecule has 0 saturated carbocycles. The molecule has 1 aromatic rings. The molecule has 0 radical (unpaired) electrons. The molecule has 20 heavy (non-hydrogen) atoms. The van der Waals surface area contributed by atoms with Crippen molar-refractivity contribution in [3.63, 3.8) is 0 Å². The Labute approximate surface area is 121 Å². The van der Waals surface area contributed by atoms with E-state index in [0.29, 0.717) is 0 Å². The van der Waals surface area contributed by atoms with Crippen molar-refractivity contribution in [1.29, 1.82) is 0 Å². The van der Waals surface area contributed by atoms with Crippen LogP contribution >= 0.6 is 0 Å². The minimum Gasteiger partial charge on any atom is -0.444 e. The van der Waals surface area contributed by atoms with Gasteiger partial charge in [0, 0.05) is 24.5 Å². The second-order valence-corrected chi connectivity index (χ2v) is 6.52. The van der Waals surface area contributed by atoms with Crippen molar-refractivity contribution in [2.75, 3.05) is 23.3 Å². The van der Waals surface area contributed by atoms with E-state index in [1.807, 2.05) is 39.0 Å². The number of nitrogens with one attached hydrogen (secondary N) is 1. The summed E-state index contributed by atoms with van der Waals surface area (Å²) in [6, 6.07) is 7.93. The lowest BCUT2D eigenvalue weighted by Gasteiger charge is -2.21. The van der Waals surface area contributed by atoms with Crippen LogP contribution in [0.2, 0.25) is 0 Å². The largest absolute Gasteiger partial charge is 0.444 e. The van der Waals surface area contributed by atoms with Crippen LogP contribution in [0.25, 0.3) is 0 Å². The molecular formula is C16H24N2O2. The van der Waals surface area contributed by atoms with Crippen molar-refractivity contribution >= 4 is 17.5 Å². The zero-order valence-corrected chi connectivity index (χ0v) is 12.8. The maximum Gasteiger partial charge on any atom is 0.412 e. The normalized spacial score (nSPS) is 19.0. The van der Waals surface area contributed by atoms with Crippen LogP contribution in [0.1, 0.15) is 34.1 Å². The number of amides is 1. The van der Waals surface area contributed by atoms with Gasteiger partial charge in [0.25, 0.3) is 0 Å². The van der Waals surface area contributed by atoms with Crippen LogP contribution < -0.4 is 10.2 Å². The van der Waals surface area contributed by atoms with E-state index in [2.05, 4.69) is 23.2 Å². The number of benzene rings is 1. The molecular weight excluding hydrogens is 252 g/mol. The fourth-order valence-electron chi connectivity index (χ4n) is 2.37. The quantitative estimate of drug-likeness (QED) is 0.891. The molecule has 1 aliphatic rings. The molecule has 1 fully saturated rings. The highest BCUT2D eigenvalue weighted by Crippen LogP contribution is 2.26. The molecule has 1 heterocycles. The SMILES string of the molecule is C[C@H]1CCN(c2cccc(NC(=O)OC(C)(C)C)c2)C1.